The van der Waals surface area contributed by atoms with Crippen LogP contribution in [0.4, 0.5) is 18.9 Å². The topological polar surface area (TPSA) is 49.3 Å². The summed E-state index contributed by atoms with van der Waals surface area (Å²) in [6.07, 6.45) is -5.52. The second-order valence-corrected chi connectivity index (χ2v) is 3.83. The van der Waals surface area contributed by atoms with Crippen LogP contribution in [0, 0.1) is 0 Å². The van der Waals surface area contributed by atoms with Crippen LogP contribution in [-0.4, -0.2) is 23.8 Å². The predicted molar refractivity (Wildman–Crippen MR) is 61.2 cm³/mol. The molecule has 1 aromatic carbocycles. The summed E-state index contributed by atoms with van der Waals surface area (Å²) >= 11 is 0. The first kappa shape index (κ1) is 14.5. The third kappa shape index (κ3) is 5.67. The summed E-state index contributed by atoms with van der Waals surface area (Å²) in [5.74, 6) is -0.665. The van der Waals surface area contributed by atoms with Gasteiger partial charge < -0.3 is 10.4 Å². The Morgan fingerprint density at radius 2 is 1.83 bits per heavy atom. The number of rotatable bonds is 5. The summed E-state index contributed by atoms with van der Waals surface area (Å²) in [5, 5.41) is 11.1. The van der Waals surface area contributed by atoms with E-state index in [0.717, 1.165) is 5.56 Å². The van der Waals surface area contributed by atoms with Crippen LogP contribution < -0.4 is 5.32 Å². The third-order valence-corrected chi connectivity index (χ3v) is 2.27. The van der Waals surface area contributed by atoms with Gasteiger partial charge in [0.25, 0.3) is 0 Å². The predicted octanol–water partition coefficient (Wildman–Crippen LogP) is 2.50. The van der Waals surface area contributed by atoms with Gasteiger partial charge in [0.05, 0.1) is 6.42 Å². The Bertz CT molecular complexity index is 387. The Labute approximate surface area is 103 Å². The molecule has 0 aliphatic carbocycles. The van der Waals surface area contributed by atoms with Gasteiger partial charge in [0.1, 0.15) is 0 Å². The molecule has 0 aromatic heterocycles. The molecular formula is C12H14F3NO2. The summed E-state index contributed by atoms with van der Waals surface area (Å²) in [4.78, 5) is 11.2. The van der Waals surface area contributed by atoms with Gasteiger partial charge in [0.15, 0.2) is 0 Å². The maximum absolute atomic E-state index is 11.9. The third-order valence-electron chi connectivity index (χ3n) is 2.27. The van der Waals surface area contributed by atoms with Crippen molar-refractivity contribution < 1.29 is 23.1 Å². The van der Waals surface area contributed by atoms with Crippen molar-refractivity contribution in [3.8, 4) is 0 Å². The molecule has 6 heteroatoms. The highest BCUT2D eigenvalue weighted by Crippen LogP contribution is 2.21. The van der Waals surface area contributed by atoms with Gasteiger partial charge in [-0.2, -0.15) is 13.2 Å². The fourth-order valence-corrected chi connectivity index (χ4v) is 1.36. The van der Waals surface area contributed by atoms with Crippen LogP contribution >= 0.6 is 0 Å². The van der Waals surface area contributed by atoms with Crippen molar-refractivity contribution in [2.24, 2.45) is 0 Å². The van der Waals surface area contributed by atoms with Gasteiger partial charge >= 0.3 is 6.18 Å². The molecule has 0 fully saturated rings. The highest BCUT2D eigenvalue weighted by molar-refractivity contribution is 5.90. The first-order chi connectivity index (χ1) is 8.40. The smallest absolute Gasteiger partial charge is 0.389 e. The molecule has 0 aliphatic rings. The number of hydrogen-bond donors (Lipinski definition) is 2. The number of nitrogens with one attached hydrogen (secondary N) is 1. The zero-order valence-corrected chi connectivity index (χ0v) is 9.63. The van der Waals surface area contributed by atoms with Gasteiger partial charge in [-0.3, -0.25) is 4.79 Å². The van der Waals surface area contributed by atoms with E-state index >= 15 is 0 Å². The SMILES string of the molecule is O=C(CCC(F)(F)F)Nc1ccc(CCO)cc1. The summed E-state index contributed by atoms with van der Waals surface area (Å²) < 4.78 is 35.7. The quantitative estimate of drug-likeness (QED) is 0.855. The second kappa shape index (κ2) is 6.39. The number of carbonyl (C=O) groups is 1. The molecule has 0 saturated heterocycles. The number of amides is 1. The van der Waals surface area contributed by atoms with Crippen molar-refractivity contribution in [3.05, 3.63) is 29.8 Å². The number of anilines is 1. The molecule has 0 aliphatic heterocycles. The van der Waals surface area contributed by atoms with Crippen molar-refractivity contribution in [3.63, 3.8) is 0 Å². The molecule has 2 N–H and O–H groups in total. The lowest BCUT2D eigenvalue weighted by molar-refractivity contribution is -0.142. The van der Waals surface area contributed by atoms with Crippen LogP contribution in [-0.2, 0) is 11.2 Å². The zero-order chi connectivity index (χ0) is 13.6. The van der Waals surface area contributed by atoms with Crippen LogP contribution in [0.1, 0.15) is 18.4 Å². The standard InChI is InChI=1S/C12H14F3NO2/c13-12(14,15)7-5-11(18)16-10-3-1-9(2-4-10)6-8-17/h1-4,17H,5-8H2,(H,16,18). The Balaban J connectivity index is 2.44. The van der Waals surface area contributed by atoms with Crippen molar-refractivity contribution in [2.45, 2.75) is 25.4 Å². The number of alkyl halides is 3. The van der Waals surface area contributed by atoms with Gasteiger partial charge in [0, 0.05) is 18.7 Å². The Morgan fingerprint density at radius 1 is 1.22 bits per heavy atom. The molecule has 0 radical (unpaired) electrons. The van der Waals surface area contributed by atoms with Gasteiger partial charge in [0.2, 0.25) is 5.91 Å². The number of aliphatic hydroxyl groups is 1. The average molecular weight is 261 g/mol. The number of halogens is 3. The molecule has 0 unspecified atom stereocenters. The molecule has 0 saturated carbocycles. The van der Waals surface area contributed by atoms with Crippen molar-refractivity contribution in [1.29, 1.82) is 0 Å². The number of hydrogen-bond acceptors (Lipinski definition) is 2. The second-order valence-electron chi connectivity index (χ2n) is 3.83. The van der Waals surface area contributed by atoms with E-state index in [1.165, 1.54) is 0 Å². The van der Waals surface area contributed by atoms with Gasteiger partial charge in [-0.05, 0) is 24.1 Å². The fourth-order valence-electron chi connectivity index (χ4n) is 1.36. The molecule has 0 bridgehead atoms. The molecule has 100 valence electrons. The van der Waals surface area contributed by atoms with Crippen molar-refractivity contribution >= 4 is 11.6 Å². The van der Waals surface area contributed by atoms with Crippen LogP contribution in [0.3, 0.4) is 0 Å². The monoisotopic (exact) mass is 261 g/mol. The van der Waals surface area contributed by atoms with Gasteiger partial charge in [-0.25, -0.2) is 0 Å². The molecule has 0 spiro atoms. The number of aliphatic hydroxyl groups excluding tert-OH is 1. The van der Waals surface area contributed by atoms with Crippen LogP contribution in [0.15, 0.2) is 24.3 Å². The van der Waals surface area contributed by atoms with E-state index in [-0.39, 0.29) is 6.61 Å². The first-order valence-corrected chi connectivity index (χ1v) is 5.47. The van der Waals surface area contributed by atoms with E-state index in [1.807, 2.05) is 0 Å². The van der Waals surface area contributed by atoms with Gasteiger partial charge in [-0.1, -0.05) is 12.1 Å². The lowest BCUT2D eigenvalue weighted by atomic mass is 10.1. The molecule has 0 atom stereocenters. The Hall–Kier alpha value is -1.56. The van der Waals surface area contributed by atoms with E-state index < -0.39 is 24.9 Å². The van der Waals surface area contributed by atoms with E-state index in [4.69, 9.17) is 5.11 Å². The minimum atomic E-state index is -4.32. The molecule has 0 heterocycles. The fraction of sp³-hybridized carbons (Fsp3) is 0.417. The zero-order valence-electron chi connectivity index (χ0n) is 9.63. The minimum Gasteiger partial charge on any atom is -0.396 e. The molecular weight excluding hydrogens is 247 g/mol. The highest BCUT2D eigenvalue weighted by Gasteiger charge is 2.27. The Morgan fingerprint density at radius 3 is 2.33 bits per heavy atom. The maximum atomic E-state index is 11.9. The maximum Gasteiger partial charge on any atom is 0.389 e. The normalized spacial score (nSPS) is 11.3. The first-order valence-electron chi connectivity index (χ1n) is 5.47. The van der Waals surface area contributed by atoms with Crippen LogP contribution in [0.2, 0.25) is 0 Å². The van der Waals surface area contributed by atoms with E-state index in [2.05, 4.69) is 5.32 Å². The molecule has 1 amide bonds. The Kier molecular flexibility index (Phi) is 5.15. The molecule has 3 nitrogen and oxygen atoms in total. The van der Waals surface area contributed by atoms with Crippen LogP contribution in [0.25, 0.3) is 0 Å². The van der Waals surface area contributed by atoms with Crippen molar-refractivity contribution in [1.82, 2.24) is 0 Å². The lowest BCUT2D eigenvalue weighted by Gasteiger charge is -2.08. The van der Waals surface area contributed by atoms with Crippen LogP contribution in [0.5, 0.6) is 0 Å². The van der Waals surface area contributed by atoms with E-state index in [0.29, 0.717) is 12.1 Å². The summed E-state index contributed by atoms with van der Waals surface area (Å²) in [7, 11) is 0. The largest absolute Gasteiger partial charge is 0.396 e. The van der Waals surface area contributed by atoms with E-state index in [9.17, 15) is 18.0 Å². The molecule has 1 rings (SSSR count). The summed E-state index contributed by atoms with van der Waals surface area (Å²) in [5.41, 5.74) is 1.34. The van der Waals surface area contributed by atoms with E-state index in [1.54, 1.807) is 24.3 Å². The molecule has 1 aromatic rings. The van der Waals surface area contributed by atoms with Gasteiger partial charge in [-0.15, -0.1) is 0 Å². The highest BCUT2D eigenvalue weighted by atomic mass is 19.4. The average Bonchev–Trinajstić information content (AvgIpc) is 2.29. The minimum absolute atomic E-state index is 0.0251. The molecule has 18 heavy (non-hydrogen) atoms. The summed E-state index contributed by atoms with van der Waals surface area (Å²) in [6.45, 7) is 0.0251. The summed E-state index contributed by atoms with van der Waals surface area (Å²) in [6, 6.07) is 6.60. The number of carbonyl (C=O) groups excluding carboxylic acids is 1. The lowest BCUT2D eigenvalue weighted by Crippen LogP contribution is -2.16. The number of benzene rings is 1. The van der Waals surface area contributed by atoms with Crippen molar-refractivity contribution in [2.75, 3.05) is 11.9 Å².